The maximum absolute atomic E-state index is 12.8. The van der Waals surface area contributed by atoms with Crippen molar-refractivity contribution in [3.63, 3.8) is 0 Å². The van der Waals surface area contributed by atoms with Crippen LogP contribution < -0.4 is 9.80 Å². The minimum absolute atomic E-state index is 0.106. The maximum Gasteiger partial charge on any atom is 0.265 e. The quantitative estimate of drug-likeness (QED) is 0.807. The Bertz CT molecular complexity index is 837. The predicted octanol–water partition coefficient (Wildman–Crippen LogP) is 2.42. The number of hydrogen-bond acceptors (Lipinski definition) is 7. The summed E-state index contributed by atoms with van der Waals surface area (Å²) < 4.78 is 0. The summed E-state index contributed by atoms with van der Waals surface area (Å²) in [6.07, 6.45) is 2.46. The van der Waals surface area contributed by atoms with Gasteiger partial charge in [0.15, 0.2) is 0 Å². The molecule has 1 amide bonds. The largest absolute Gasteiger partial charge is 0.356 e. The molecule has 0 spiro atoms. The Morgan fingerprint density at radius 2 is 1.48 bits per heavy atom. The van der Waals surface area contributed by atoms with Crippen molar-refractivity contribution in [1.29, 1.82) is 0 Å². The first-order chi connectivity index (χ1) is 13.0. The molecule has 4 heterocycles. The molecule has 2 saturated heterocycles. The van der Waals surface area contributed by atoms with E-state index in [1.807, 2.05) is 25.7 Å². The van der Waals surface area contributed by atoms with E-state index in [2.05, 4.69) is 30.8 Å². The highest BCUT2D eigenvalue weighted by molar-refractivity contribution is 7.13. The van der Waals surface area contributed by atoms with Crippen LogP contribution in [0.3, 0.4) is 0 Å². The molecule has 2 aromatic heterocycles. The third-order valence-electron chi connectivity index (χ3n) is 5.23. The highest BCUT2D eigenvalue weighted by Gasteiger charge is 2.26. The van der Waals surface area contributed by atoms with Crippen LogP contribution in [0.5, 0.6) is 0 Å². The van der Waals surface area contributed by atoms with Gasteiger partial charge >= 0.3 is 0 Å². The van der Waals surface area contributed by atoms with Crippen LogP contribution in [0.15, 0.2) is 6.07 Å². The number of amides is 1. The van der Waals surface area contributed by atoms with Crippen LogP contribution in [-0.2, 0) is 0 Å². The van der Waals surface area contributed by atoms with Gasteiger partial charge in [-0.3, -0.25) is 4.79 Å². The van der Waals surface area contributed by atoms with Gasteiger partial charge in [0.2, 0.25) is 0 Å². The monoisotopic (exact) mass is 386 g/mol. The van der Waals surface area contributed by atoms with Crippen LogP contribution in [0, 0.1) is 20.8 Å². The third kappa shape index (κ3) is 3.76. The van der Waals surface area contributed by atoms with E-state index in [1.54, 1.807) is 0 Å². The number of aromatic nitrogens is 3. The van der Waals surface area contributed by atoms with Gasteiger partial charge < -0.3 is 14.7 Å². The molecule has 4 rings (SSSR count). The Balaban J connectivity index is 1.44. The minimum Gasteiger partial charge on any atom is -0.356 e. The molecular formula is C19H26N6OS. The molecule has 0 aromatic carbocycles. The van der Waals surface area contributed by atoms with E-state index >= 15 is 0 Å². The van der Waals surface area contributed by atoms with Crippen LogP contribution in [0.2, 0.25) is 0 Å². The molecule has 144 valence electrons. The first-order valence-corrected chi connectivity index (χ1v) is 10.4. The Morgan fingerprint density at radius 1 is 0.889 bits per heavy atom. The Kier molecular flexibility index (Phi) is 4.99. The summed E-state index contributed by atoms with van der Waals surface area (Å²) in [5, 5.41) is 0.945. The van der Waals surface area contributed by atoms with Crippen LogP contribution in [-0.4, -0.2) is 65.0 Å². The van der Waals surface area contributed by atoms with Gasteiger partial charge in [-0.15, -0.1) is 11.3 Å². The van der Waals surface area contributed by atoms with Crippen molar-refractivity contribution in [3.8, 4) is 0 Å². The molecule has 7 nitrogen and oxygen atoms in total. The van der Waals surface area contributed by atoms with Gasteiger partial charge in [0.1, 0.15) is 22.3 Å². The summed E-state index contributed by atoms with van der Waals surface area (Å²) in [4.78, 5) is 33.8. The van der Waals surface area contributed by atoms with E-state index < -0.39 is 0 Å². The lowest BCUT2D eigenvalue weighted by Gasteiger charge is -2.35. The molecule has 0 radical (unpaired) electrons. The molecule has 8 heteroatoms. The number of carbonyl (C=O) groups is 1. The topological polar surface area (TPSA) is 65.5 Å². The van der Waals surface area contributed by atoms with Crippen molar-refractivity contribution in [2.24, 2.45) is 0 Å². The Hall–Kier alpha value is -2.22. The summed E-state index contributed by atoms with van der Waals surface area (Å²) in [6.45, 7) is 11.0. The zero-order chi connectivity index (χ0) is 19.0. The van der Waals surface area contributed by atoms with Crippen LogP contribution in [0.25, 0.3) is 0 Å². The second-order valence-corrected chi connectivity index (χ2v) is 8.46. The van der Waals surface area contributed by atoms with Crippen molar-refractivity contribution >= 4 is 28.9 Å². The smallest absolute Gasteiger partial charge is 0.265 e. The van der Waals surface area contributed by atoms with E-state index in [-0.39, 0.29) is 5.91 Å². The SMILES string of the molecule is Cc1nc(N2CCCC2)cc(N2CCN(C(=O)c3sc(C)nc3C)CC2)n1. The zero-order valence-electron chi connectivity index (χ0n) is 16.2. The number of hydrogen-bond donors (Lipinski definition) is 0. The van der Waals surface area contributed by atoms with Crippen molar-refractivity contribution in [3.05, 3.63) is 27.5 Å². The number of rotatable bonds is 3. The molecule has 2 aliphatic heterocycles. The van der Waals surface area contributed by atoms with Gasteiger partial charge in [-0.25, -0.2) is 15.0 Å². The van der Waals surface area contributed by atoms with Crippen molar-refractivity contribution < 1.29 is 4.79 Å². The van der Waals surface area contributed by atoms with Crippen LogP contribution in [0.4, 0.5) is 11.6 Å². The second-order valence-electron chi connectivity index (χ2n) is 7.25. The number of carbonyl (C=O) groups excluding carboxylic acids is 1. The number of aryl methyl sites for hydroxylation is 3. The summed E-state index contributed by atoms with van der Waals surface area (Å²) in [6, 6.07) is 2.10. The molecule has 0 saturated carbocycles. The van der Waals surface area contributed by atoms with Crippen LogP contribution in [0.1, 0.15) is 39.0 Å². The molecule has 27 heavy (non-hydrogen) atoms. The first-order valence-electron chi connectivity index (χ1n) is 9.60. The second kappa shape index (κ2) is 7.42. The summed E-state index contributed by atoms with van der Waals surface area (Å²) in [5.41, 5.74) is 0.839. The van der Waals surface area contributed by atoms with E-state index in [1.165, 1.54) is 24.2 Å². The number of nitrogens with zero attached hydrogens (tertiary/aromatic N) is 6. The number of thiazole rings is 1. The van der Waals surface area contributed by atoms with Crippen LogP contribution >= 0.6 is 11.3 Å². The molecule has 0 unspecified atom stereocenters. The van der Waals surface area contributed by atoms with Gasteiger partial charge in [-0.05, 0) is 33.6 Å². The standard InChI is InChI=1S/C19H26N6OS/c1-13-18(27-15(3)20-13)19(26)25-10-8-24(9-11-25)17-12-16(21-14(2)22-17)23-6-4-5-7-23/h12H,4-11H2,1-3H3. The highest BCUT2D eigenvalue weighted by Crippen LogP contribution is 2.24. The molecule has 0 bridgehead atoms. The zero-order valence-corrected chi connectivity index (χ0v) is 17.1. The number of piperazine rings is 1. The fourth-order valence-electron chi connectivity index (χ4n) is 3.82. The Morgan fingerprint density at radius 3 is 2.04 bits per heavy atom. The van der Waals surface area contributed by atoms with Gasteiger partial charge in [-0.2, -0.15) is 0 Å². The Labute approximate surface area is 164 Å². The van der Waals surface area contributed by atoms with E-state index in [9.17, 15) is 4.79 Å². The van der Waals surface area contributed by atoms with E-state index in [0.29, 0.717) is 13.1 Å². The third-order valence-corrected chi connectivity index (χ3v) is 6.29. The molecular weight excluding hydrogens is 360 g/mol. The molecule has 2 aliphatic rings. The normalized spacial score (nSPS) is 17.7. The summed E-state index contributed by atoms with van der Waals surface area (Å²) in [7, 11) is 0. The van der Waals surface area contributed by atoms with Crippen molar-refractivity contribution in [2.75, 3.05) is 49.1 Å². The molecule has 0 N–H and O–H groups in total. The summed E-state index contributed by atoms with van der Waals surface area (Å²) in [5.74, 6) is 2.92. The molecule has 0 aliphatic carbocycles. The van der Waals surface area contributed by atoms with E-state index in [0.717, 1.165) is 59.2 Å². The fraction of sp³-hybridized carbons (Fsp3) is 0.579. The average molecular weight is 387 g/mol. The molecule has 2 fully saturated rings. The first kappa shape index (κ1) is 18.2. The molecule has 2 aromatic rings. The average Bonchev–Trinajstić information content (AvgIpc) is 3.30. The van der Waals surface area contributed by atoms with Gasteiger partial charge in [0, 0.05) is 45.3 Å². The van der Waals surface area contributed by atoms with Crippen molar-refractivity contribution in [1.82, 2.24) is 19.9 Å². The van der Waals surface area contributed by atoms with Gasteiger partial charge in [0.25, 0.3) is 5.91 Å². The van der Waals surface area contributed by atoms with E-state index in [4.69, 9.17) is 0 Å². The lowest BCUT2D eigenvalue weighted by Crippen LogP contribution is -2.49. The maximum atomic E-state index is 12.8. The van der Waals surface area contributed by atoms with Gasteiger partial charge in [0.05, 0.1) is 10.7 Å². The van der Waals surface area contributed by atoms with Gasteiger partial charge in [-0.1, -0.05) is 0 Å². The number of anilines is 2. The highest BCUT2D eigenvalue weighted by atomic mass is 32.1. The predicted molar refractivity (Wildman–Crippen MR) is 108 cm³/mol. The lowest BCUT2D eigenvalue weighted by atomic mass is 10.2. The lowest BCUT2D eigenvalue weighted by molar-refractivity contribution is 0.0750. The molecule has 0 atom stereocenters. The summed E-state index contributed by atoms with van der Waals surface area (Å²) >= 11 is 1.49. The fourth-order valence-corrected chi connectivity index (χ4v) is 4.71. The minimum atomic E-state index is 0.106. The van der Waals surface area contributed by atoms with Crippen molar-refractivity contribution in [2.45, 2.75) is 33.6 Å².